The van der Waals surface area contributed by atoms with Crippen LogP contribution in [0.2, 0.25) is 0 Å². The number of aliphatic hydroxyl groups is 2. The number of methoxy groups -OCH3 is 1. The van der Waals surface area contributed by atoms with Gasteiger partial charge in [0.25, 0.3) is 0 Å². The molecule has 11 heteroatoms. The minimum Gasteiger partial charge on any atom is -0.469 e. The third-order valence-electron chi connectivity index (χ3n) is 6.75. The van der Waals surface area contributed by atoms with Gasteiger partial charge in [-0.1, -0.05) is 12.8 Å². The highest BCUT2D eigenvalue weighted by Crippen LogP contribution is 2.33. The molecule has 1 saturated carbocycles. The molecule has 4 atom stereocenters. The van der Waals surface area contributed by atoms with Crippen LogP contribution in [0.15, 0.2) is 6.33 Å². The van der Waals surface area contributed by atoms with Crippen molar-refractivity contribution in [2.75, 3.05) is 12.8 Å². The Labute approximate surface area is 203 Å². The average molecular weight is 486 g/mol. The molecule has 1 unspecified atom stereocenters. The first-order valence-electron chi connectivity index (χ1n) is 11.9. The molecular formula is C24H31N5O6. The maximum atomic E-state index is 12.3. The van der Waals surface area contributed by atoms with Crippen LogP contribution in [0.1, 0.15) is 63.9 Å². The van der Waals surface area contributed by atoms with Gasteiger partial charge in [-0.15, -0.1) is 0 Å². The molecule has 1 aliphatic heterocycles. The van der Waals surface area contributed by atoms with Crippen molar-refractivity contribution in [1.82, 2.24) is 19.5 Å². The van der Waals surface area contributed by atoms with Crippen LogP contribution in [-0.4, -0.2) is 66.9 Å². The van der Waals surface area contributed by atoms with E-state index in [1.165, 1.54) is 18.0 Å². The number of fused-ring (bicyclic) bond motifs is 1. The molecule has 0 aromatic carbocycles. The Balaban J connectivity index is 1.49. The van der Waals surface area contributed by atoms with E-state index in [0.29, 0.717) is 29.9 Å². The van der Waals surface area contributed by atoms with E-state index in [-0.39, 0.29) is 35.7 Å². The predicted octanol–water partition coefficient (Wildman–Crippen LogP) is 1.12. The second-order valence-electron chi connectivity index (χ2n) is 9.15. The van der Waals surface area contributed by atoms with Crippen molar-refractivity contribution in [3.05, 3.63) is 12.2 Å². The summed E-state index contributed by atoms with van der Waals surface area (Å²) in [6.45, 7) is 1.85. The summed E-state index contributed by atoms with van der Waals surface area (Å²) >= 11 is 0. The molecule has 188 valence electrons. The normalized spacial score (nSPS) is 28.5. The molecule has 0 spiro atoms. The lowest BCUT2D eigenvalue weighted by molar-refractivity contribution is -0.146. The molecule has 35 heavy (non-hydrogen) atoms. The lowest BCUT2D eigenvalue weighted by Gasteiger charge is -2.25. The Morgan fingerprint density at radius 3 is 2.66 bits per heavy atom. The van der Waals surface area contributed by atoms with Gasteiger partial charge in [-0.25, -0.2) is 15.0 Å². The van der Waals surface area contributed by atoms with E-state index in [1.54, 1.807) is 0 Å². The quantitative estimate of drug-likeness (QED) is 0.399. The summed E-state index contributed by atoms with van der Waals surface area (Å²) in [6.07, 6.45) is 1.40. The maximum absolute atomic E-state index is 12.3. The SMILES string of the molecule is CCCC(=O)[C@H]1O[C@@H](n2cnc3c(N)nc(C#CCC4CCC(C(=O)OC)CC4)nc32)C(O)[C@H]1O. The Bertz CT molecular complexity index is 1150. The number of carbonyl (C=O) groups excluding carboxylic acids is 2. The van der Waals surface area contributed by atoms with Gasteiger partial charge in [0, 0.05) is 12.8 Å². The standard InChI is InChI=1S/C24H31N5O6/c1-3-5-15(30)20-18(31)19(32)23(35-20)29-12-26-17-21(25)27-16(28-22(17)29)7-4-6-13-8-10-14(11-9-13)24(33)34-2/h12-14,18-20,23,31-32H,3,5-6,8-11H2,1-2H3,(H2,25,27,28)/t13?,14?,18-,19?,20-,23-/m1/s1. The molecule has 1 saturated heterocycles. The van der Waals surface area contributed by atoms with Gasteiger partial charge in [0.05, 0.1) is 19.4 Å². The number of aromatic nitrogens is 4. The molecule has 2 fully saturated rings. The zero-order valence-corrected chi connectivity index (χ0v) is 19.9. The highest BCUT2D eigenvalue weighted by molar-refractivity contribution is 5.84. The third-order valence-corrected chi connectivity index (χ3v) is 6.75. The van der Waals surface area contributed by atoms with Crippen LogP contribution in [0.3, 0.4) is 0 Å². The summed E-state index contributed by atoms with van der Waals surface area (Å²) in [4.78, 5) is 36.9. The third kappa shape index (κ3) is 5.15. The van der Waals surface area contributed by atoms with Gasteiger partial charge in [0.15, 0.2) is 23.5 Å². The fourth-order valence-corrected chi connectivity index (χ4v) is 4.77. The fourth-order valence-electron chi connectivity index (χ4n) is 4.77. The minimum absolute atomic E-state index is 0.0291. The molecule has 2 aliphatic rings. The van der Waals surface area contributed by atoms with Crippen LogP contribution in [-0.2, 0) is 19.1 Å². The van der Waals surface area contributed by atoms with Gasteiger partial charge in [-0.05, 0) is 43.9 Å². The highest BCUT2D eigenvalue weighted by Gasteiger charge is 2.47. The Morgan fingerprint density at radius 2 is 1.97 bits per heavy atom. The van der Waals surface area contributed by atoms with E-state index in [9.17, 15) is 19.8 Å². The van der Waals surface area contributed by atoms with Crippen molar-refractivity contribution >= 4 is 28.7 Å². The Hall–Kier alpha value is -3.07. The number of carbonyl (C=O) groups is 2. The average Bonchev–Trinajstić information content (AvgIpc) is 3.40. The molecule has 2 aromatic heterocycles. The summed E-state index contributed by atoms with van der Waals surface area (Å²) in [5, 5.41) is 20.9. The van der Waals surface area contributed by atoms with Crippen molar-refractivity contribution in [3.63, 3.8) is 0 Å². The van der Waals surface area contributed by atoms with Gasteiger partial charge in [-0.3, -0.25) is 14.2 Å². The number of rotatable bonds is 6. The zero-order valence-electron chi connectivity index (χ0n) is 19.9. The van der Waals surface area contributed by atoms with Crippen LogP contribution < -0.4 is 5.73 Å². The number of hydrogen-bond acceptors (Lipinski definition) is 10. The van der Waals surface area contributed by atoms with E-state index in [4.69, 9.17) is 15.2 Å². The van der Waals surface area contributed by atoms with Crippen molar-refractivity contribution < 1.29 is 29.3 Å². The number of hydrogen-bond donors (Lipinski definition) is 3. The smallest absolute Gasteiger partial charge is 0.308 e. The second kappa shape index (κ2) is 10.7. The van der Waals surface area contributed by atoms with Crippen molar-refractivity contribution in [2.45, 2.75) is 76.4 Å². The summed E-state index contributed by atoms with van der Waals surface area (Å²) in [6, 6.07) is 0. The summed E-state index contributed by atoms with van der Waals surface area (Å²) in [5.41, 5.74) is 6.67. The molecule has 11 nitrogen and oxygen atoms in total. The van der Waals surface area contributed by atoms with Crippen molar-refractivity contribution in [3.8, 4) is 11.8 Å². The largest absolute Gasteiger partial charge is 0.469 e. The van der Waals surface area contributed by atoms with Gasteiger partial charge >= 0.3 is 5.97 Å². The molecular weight excluding hydrogens is 454 g/mol. The van der Waals surface area contributed by atoms with Crippen LogP contribution in [0.25, 0.3) is 11.2 Å². The van der Waals surface area contributed by atoms with Crippen LogP contribution in [0.4, 0.5) is 5.82 Å². The number of aliphatic hydroxyl groups excluding tert-OH is 2. The Kier molecular flexibility index (Phi) is 7.64. The second-order valence-corrected chi connectivity index (χ2v) is 9.15. The number of imidazole rings is 1. The number of nitrogens with two attached hydrogens (primary N) is 1. The molecule has 1 aliphatic carbocycles. The summed E-state index contributed by atoms with van der Waals surface area (Å²) in [5.74, 6) is 6.33. The lowest BCUT2D eigenvalue weighted by Crippen LogP contribution is -2.35. The molecule has 4 rings (SSSR count). The molecule has 0 bridgehead atoms. The molecule has 0 radical (unpaired) electrons. The first-order valence-corrected chi connectivity index (χ1v) is 11.9. The molecule has 2 aromatic rings. The van der Waals surface area contributed by atoms with Gasteiger partial charge < -0.3 is 25.4 Å². The van der Waals surface area contributed by atoms with Crippen molar-refractivity contribution in [1.29, 1.82) is 0 Å². The number of ketones is 1. The topological polar surface area (TPSA) is 163 Å². The van der Waals surface area contributed by atoms with Gasteiger partial charge in [0.2, 0.25) is 5.82 Å². The van der Waals surface area contributed by atoms with E-state index in [1.807, 2.05) is 6.92 Å². The van der Waals surface area contributed by atoms with E-state index in [0.717, 1.165) is 25.7 Å². The minimum atomic E-state index is -1.36. The molecule has 3 heterocycles. The van der Waals surface area contributed by atoms with E-state index >= 15 is 0 Å². The number of Topliss-reactive ketones (excluding diaryl/α,β-unsaturated/α-hetero) is 1. The first kappa shape index (κ1) is 25.0. The highest BCUT2D eigenvalue weighted by atomic mass is 16.6. The van der Waals surface area contributed by atoms with E-state index < -0.39 is 24.5 Å². The van der Waals surface area contributed by atoms with Crippen LogP contribution in [0.5, 0.6) is 0 Å². The Morgan fingerprint density at radius 1 is 1.23 bits per heavy atom. The van der Waals surface area contributed by atoms with Crippen LogP contribution >= 0.6 is 0 Å². The maximum Gasteiger partial charge on any atom is 0.308 e. The number of ether oxygens (including phenoxy) is 2. The molecule has 0 amide bonds. The van der Waals surface area contributed by atoms with E-state index in [2.05, 4.69) is 26.8 Å². The summed E-state index contributed by atoms with van der Waals surface area (Å²) in [7, 11) is 1.42. The first-order chi connectivity index (χ1) is 16.8. The fraction of sp³-hybridized carbons (Fsp3) is 0.625. The van der Waals surface area contributed by atoms with Gasteiger partial charge in [0.1, 0.15) is 23.8 Å². The summed E-state index contributed by atoms with van der Waals surface area (Å²) < 4.78 is 12.0. The lowest BCUT2D eigenvalue weighted by atomic mass is 9.81. The number of nitrogens with zero attached hydrogens (tertiary/aromatic N) is 4. The number of nitrogen functional groups attached to an aromatic ring is 1. The van der Waals surface area contributed by atoms with Crippen molar-refractivity contribution in [2.24, 2.45) is 11.8 Å². The number of anilines is 1. The number of esters is 1. The monoisotopic (exact) mass is 485 g/mol. The zero-order chi connectivity index (χ0) is 25.1. The van der Waals surface area contributed by atoms with Crippen LogP contribution in [0, 0.1) is 23.7 Å². The van der Waals surface area contributed by atoms with Gasteiger partial charge in [-0.2, -0.15) is 0 Å². The predicted molar refractivity (Wildman–Crippen MR) is 125 cm³/mol. The molecule has 4 N–H and O–H groups in total.